The van der Waals surface area contributed by atoms with Crippen molar-refractivity contribution in [3.63, 3.8) is 0 Å². The molecule has 6 N–H and O–H groups in total. The van der Waals surface area contributed by atoms with Crippen molar-refractivity contribution in [3.8, 4) is 0 Å². The lowest BCUT2D eigenvalue weighted by molar-refractivity contribution is -0.446. The highest BCUT2D eigenvalue weighted by Crippen LogP contribution is 2.71. The number of aliphatic hydroxyl groups excluding tert-OH is 4. The fourth-order valence-corrected chi connectivity index (χ4v) is 8.43. The second-order valence-corrected chi connectivity index (χ2v) is 11.9. The average molecular weight is 505 g/mol. The van der Waals surface area contributed by atoms with Crippen molar-refractivity contribution in [2.75, 3.05) is 6.61 Å². The summed E-state index contributed by atoms with van der Waals surface area (Å²) in [6.07, 6.45) is -5.52. The van der Waals surface area contributed by atoms with Crippen LogP contribution in [0.2, 0.25) is 0 Å². The monoisotopic (exact) mass is 504 g/mol. The van der Waals surface area contributed by atoms with E-state index >= 15 is 0 Å². The van der Waals surface area contributed by atoms with Crippen LogP contribution in [0.1, 0.15) is 39.2 Å². The second kappa shape index (κ2) is 7.37. The van der Waals surface area contributed by atoms with Gasteiger partial charge < -0.3 is 44.8 Å². The van der Waals surface area contributed by atoms with Gasteiger partial charge in [0.25, 0.3) is 0 Å². The summed E-state index contributed by atoms with van der Waals surface area (Å²) < 4.78 is 20.1. The van der Waals surface area contributed by atoms with Crippen LogP contribution in [-0.2, 0) is 20.2 Å². The lowest BCUT2D eigenvalue weighted by atomic mass is 9.53. The molecule has 9 heteroatoms. The molecule has 5 aliphatic rings. The van der Waals surface area contributed by atoms with Gasteiger partial charge in [0.15, 0.2) is 0 Å². The number of hydrogen-bond acceptors (Lipinski definition) is 9. The highest BCUT2D eigenvalue weighted by atomic mass is 16.9. The summed E-state index contributed by atoms with van der Waals surface area (Å²) in [7, 11) is 0. The molecule has 2 saturated heterocycles. The largest absolute Gasteiger partial charge is 0.393 e. The molecule has 3 saturated carbocycles. The lowest BCUT2D eigenvalue weighted by Crippen LogP contribution is -2.73. The molecule has 2 aliphatic heterocycles. The minimum absolute atomic E-state index is 0.251. The summed E-state index contributed by atoms with van der Waals surface area (Å²) in [6.45, 7) is 8.64. The third-order valence-electron chi connectivity index (χ3n) is 10.2. The molecule has 0 aromatic heterocycles. The zero-order valence-electron chi connectivity index (χ0n) is 20.7. The molecule has 198 valence electrons. The predicted octanol–water partition coefficient (Wildman–Crippen LogP) is 0.159. The minimum atomic E-state index is -2.57. The molecule has 9 nitrogen and oxygen atoms in total. The fourth-order valence-electron chi connectivity index (χ4n) is 8.43. The summed E-state index contributed by atoms with van der Waals surface area (Å²) in [4.78, 5) is 0. The molecule has 2 heterocycles. The summed E-state index contributed by atoms with van der Waals surface area (Å²) in [5.74, 6) is -4.49. The number of benzene rings is 1. The van der Waals surface area contributed by atoms with Crippen LogP contribution in [-0.4, -0.2) is 84.1 Å². The number of hydrogen-bond donors (Lipinski definition) is 6. The molecule has 3 bridgehead atoms. The van der Waals surface area contributed by atoms with E-state index in [2.05, 4.69) is 6.58 Å². The van der Waals surface area contributed by atoms with Gasteiger partial charge in [0.05, 0.1) is 24.4 Å². The van der Waals surface area contributed by atoms with Crippen molar-refractivity contribution in [1.82, 2.24) is 0 Å². The van der Waals surface area contributed by atoms with Crippen LogP contribution in [0.25, 0.3) is 0 Å². The normalized spacial score (nSPS) is 57.2. The van der Waals surface area contributed by atoms with Crippen LogP contribution in [0.15, 0.2) is 42.5 Å². The van der Waals surface area contributed by atoms with Crippen LogP contribution in [0.3, 0.4) is 0 Å². The van der Waals surface area contributed by atoms with Gasteiger partial charge in [-0.15, -0.1) is 0 Å². The Balaban J connectivity index is 1.67. The third-order valence-corrected chi connectivity index (χ3v) is 10.2. The molecule has 0 spiro atoms. The fraction of sp³-hybridized carbons (Fsp3) is 0.704. The first kappa shape index (κ1) is 24.9. The van der Waals surface area contributed by atoms with Gasteiger partial charge >= 0.3 is 5.97 Å². The Morgan fingerprint density at radius 2 is 1.72 bits per heavy atom. The molecule has 13 atom stereocenters. The van der Waals surface area contributed by atoms with E-state index in [-0.39, 0.29) is 12.3 Å². The van der Waals surface area contributed by atoms with Crippen molar-refractivity contribution >= 4 is 0 Å². The zero-order valence-corrected chi connectivity index (χ0v) is 20.7. The average Bonchev–Trinajstić information content (AvgIpc) is 3.22. The van der Waals surface area contributed by atoms with Gasteiger partial charge in [-0.05, 0) is 37.2 Å². The maximum Gasteiger partial charge on any atom is 0.313 e. The molecule has 1 unspecified atom stereocenters. The Hall–Kier alpha value is -1.40. The summed E-state index contributed by atoms with van der Waals surface area (Å²) in [5.41, 5.74) is -6.11. The van der Waals surface area contributed by atoms with Crippen LogP contribution >= 0.6 is 0 Å². The Morgan fingerprint density at radius 1 is 1.06 bits per heavy atom. The Bertz CT molecular complexity index is 1080. The van der Waals surface area contributed by atoms with E-state index in [9.17, 15) is 30.6 Å². The van der Waals surface area contributed by atoms with Gasteiger partial charge in [-0.1, -0.05) is 50.8 Å². The smallest absolute Gasteiger partial charge is 0.313 e. The topological polar surface area (TPSA) is 149 Å². The molecule has 0 amide bonds. The molecular formula is C27H36O9. The van der Waals surface area contributed by atoms with Gasteiger partial charge in [-0.2, -0.15) is 0 Å². The lowest BCUT2D eigenvalue weighted by Gasteiger charge is -2.61. The standard InChI is InChI=1S/C27H36O9/c1-13(2)24-11-15(4)26-17-10-14(3)19(29)25(17,33)22(31)23(32,12-28)20(30)18(26)21(24)34-27(35-24,36-26)16-8-6-5-7-9-16/h5-9,14-15,17-22,28-33H,1,10-12H2,2-4H3/t14-,15+,17+,18-,19-,20-,21+,22+,23+,24+,25+,26-,27?/m0/s1. The van der Waals surface area contributed by atoms with Crippen molar-refractivity contribution < 1.29 is 44.8 Å². The molecule has 1 aromatic carbocycles. The molecular weight excluding hydrogens is 468 g/mol. The van der Waals surface area contributed by atoms with Gasteiger partial charge in [-0.3, -0.25) is 0 Å². The number of aliphatic hydroxyl groups is 6. The van der Waals surface area contributed by atoms with Crippen LogP contribution in [0.4, 0.5) is 0 Å². The number of ether oxygens (including phenoxy) is 3. The molecule has 1 aromatic rings. The third kappa shape index (κ3) is 2.52. The maximum atomic E-state index is 12.1. The highest BCUT2D eigenvalue weighted by molar-refractivity contribution is 5.36. The summed E-state index contributed by atoms with van der Waals surface area (Å²) in [6, 6.07) is 9.11. The highest BCUT2D eigenvalue weighted by Gasteiger charge is 2.84. The SMILES string of the molecule is C=C(C)[C@]12C[C@@H](C)[C@@]34OC(c5ccccc5)(O[C@@H]1[C@@H]3[C@H](O)[C@](O)(CO)[C@@H](O)[C@@]1(O)[C@H]4C[C@H](C)[C@@H]1O)O2. The van der Waals surface area contributed by atoms with E-state index in [1.807, 2.05) is 32.0 Å². The number of fused-ring (bicyclic) bond motifs is 2. The van der Waals surface area contributed by atoms with Crippen LogP contribution in [0, 0.1) is 23.7 Å². The van der Waals surface area contributed by atoms with Gasteiger partial charge in [0.1, 0.15) is 29.0 Å². The zero-order chi connectivity index (χ0) is 26.1. The Kier molecular flexibility index (Phi) is 5.10. The Morgan fingerprint density at radius 3 is 2.33 bits per heavy atom. The van der Waals surface area contributed by atoms with Crippen molar-refractivity contribution in [1.29, 1.82) is 0 Å². The molecule has 3 aliphatic carbocycles. The van der Waals surface area contributed by atoms with Gasteiger partial charge in [0.2, 0.25) is 0 Å². The summed E-state index contributed by atoms with van der Waals surface area (Å²) >= 11 is 0. The molecule has 36 heavy (non-hydrogen) atoms. The van der Waals surface area contributed by atoms with Gasteiger partial charge in [0, 0.05) is 17.4 Å². The van der Waals surface area contributed by atoms with E-state index in [0.29, 0.717) is 17.6 Å². The van der Waals surface area contributed by atoms with E-state index in [0.717, 1.165) is 0 Å². The molecule has 0 radical (unpaired) electrons. The van der Waals surface area contributed by atoms with E-state index in [1.165, 1.54) is 0 Å². The first-order valence-corrected chi connectivity index (χ1v) is 12.7. The maximum absolute atomic E-state index is 12.1. The van der Waals surface area contributed by atoms with Gasteiger partial charge in [-0.25, -0.2) is 0 Å². The van der Waals surface area contributed by atoms with E-state index in [1.54, 1.807) is 19.1 Å². The first-order valence-electron chi connectivity index (χ1n) is 12.7. The van der Waals surface area contributed by atoms with Crippen molar-refractivity contribution in [3.05, 3.63) is 48.0 Å². The number of rotatable bonds is 3. The first-order chi connectivity index (χ1) is 16.8. The van der Waals surface area contributed by atoms with E-state index in [4.69, 9.17) is 14.2 Å². The Labute approximate surface area is 209 Å². The van der Waals surface area contributed by atoms with Crippen LogP contribution in [0.5, 0.6) is 0 Å². The molecule has 5 fully saturated rings. The van der Waals surface area contributed by atoms with Crippen molar-refractivity contribution in [2.24, 2.45) is 23.7 Å². The second-order valence-electron chi connectivity index (χ2n) is 11.9. The minimum Gasteiger partial charge on any atom is -0.393 e. The van der Waals surface area contributed by atoms with Crippen molar-refractivity contribution in [2.45, 2.75) is 86.4 Å². The van der Waals surface area contributed by atoms with E-state index < -0.39 is 77.2 Å². The molecule has 6 rings (SSSR count). The van der Waals surface area contributed by atoms with Crippen LogP contribution < -0.4 is 0 Å². The summed E-state index contributed by atoms with van der Waals surface area (Å²) in [5, 5.41) is 68.5. The quantitative estimate of drug-likeness (QED) is 0.317. The predicted molar refractivity (Wildman–Crippen MR) is 125 cm³/mol.